The van der Waals surface area contributed by atoms with Gasteiger partial charge in [-0.25, -0.2) is 0 Å². The van der Waals surface area contributed by atoms with Crippen molar-refractivity contribution < 1.29 is 4.79 Å². The second kappa shape index (κ2) is 5.87. The Morgan fingerprint density at radius 1 is 1.26 bits per heavy atom. The Morgan fingerprint density at radius 3 is 2.53 bits per heavy atom. The third kappa shape index (κ3) is 4.17. The molecule has 2 rings (SSSR count). The van der Waals surface area contributed by atoms with Gasteiger partial charge in [-0.1, -0.05) is 45.0 Å². The summed E-state index contributed by atoms with van der Waals surface area (Å²) in [6.07, 6.45) is 3.45. The molecule has 1 fully saturated rings. The van der Waals surface area contributed by atoms with E-state index >= 15 is 0 Å². The zero-order chi connectivity index (χ0) is 13.9. The molecule has 0 saturated carbocycles. The van der Waals surface area contributed by atoms with E-state index in [1.807, 2.05) is 12.1 Å². The monoisotopic (exact) mass is 259 g/mol. The molecule has 1 aromatic carbocycles. The highest BCUT2D eigenvalue weighted by Crippen LogP contribution is 2.28. The van der Waals surface area contributed by atoms with Gasteiger partial charge in [-0.05, 0) is 36.3 Å². The van der Waals surface area contributed by atoms with Crippen molar-refractivity contribution in [1.82, 2.24) is 4.90 Å². The molecular weight excluding hydrogens is 234 g/mol. The Hall–Kier alpha value is -1.15. The van der Waals surface area contributed by atoms with Gasteiger partial charge in [0.2, 0.25) is 0 Å². The lowest BCUT2D eigenvalue weighted by atomic mass is 9.88. The van der Waals surface area contributed by atoms with Crippen molar-refractivity contribution in [3.05, 3.63) is 35.4 Å². The molecule has 1 aliphatic heterocycles. The Balaban J connectivity index is 2.01. The average Bonchev–Trinajstić information content (AvgIpc) is 2.37. The predicted molar refractivity (Wildman–Crippen MR) is 79.7 cm³/mol. The average molecular weight is 259 g/mol. The van der Waals surface area contributed by atoms with Crippen molar-refractivity contribution >= 4 is 6.29 Å². The summed E-state index contributed by atoms with van der Waals surface area (Å²) >= 11 is 0. The van der Waals surface area contributed by atoms with E-state index in [-0.39, 0.29) is 0 Å². The number of benzene rings is 1. The minimum Gasteiger partial charge on any atom is -0.302 e. The minimum atomic E-state index is 0.364. The highest BCUT2D eigenvalue weighted by atomic mass is 16.1. The number of hydrogen-bond donors (Lipinski definition) is 0. The first kappa shape index (κ1) is 14.3. The molecule has 0 aliphatic carbocycles. The van der Waals surface area contributed by atoms with E-state index < -0.39 is 0 Å². The third-order valence-electron chi connectivity index (χ3n) is 3.75. The van der Waals surface area contributed by atoms with Gasteiger partial charge >= 0.3 is 0 Å². The van der Waals surface area contributed by atoms with Crippen LogP contribution in [0.4, 0.5) is 0 Å². The number of carbonyl (C=O) groups excluding carboxylic acids is 1. The number of nitrogens with zero attached hydrogens (tertiary/aromatic N) is 1. The molecular formula is C17H25NO. The van der Waals surface area contributed by atoms with E-state index in [9.17, 15) is 4.79 Å². The highest BCUT2D eigenvalue weighted by molar-refractivity contribution is 5.74. The van der Waals surface area contributed by atoms with Crippen LogP contribution in [0.15, 0.2) is 24.3 Å². The zero-order valence-electron chi connectivity index (χ0n) is 12.4. The van der Waals surface area contributed by atoms with Gasteiger partial charge < -0.3 is 4.90 Å². The summed E-state index contributed by atoms with van der Waals surface area (Å²) in [4.78, 5) is 13.3. The van der Waals surface area contributed by atoms with Crippen LogP contribution < -0.4 is 0 Å². The topological polar surface area (TPSA) is 20.3 Å². The van der Waals surface area contributed by atoms with Gasteiger partial charge in [0, 0.05) is 18.7 Å². The summed E-state index contributed by atoms with van der Waals surface area (Å²) < 4.78 is 0. The summed E-state index contributed by atoms with van der Waals surface area (Å²) in [7, 11) is 0. The second-order valence-electron chi connectivity index (χ2n) is 6.92. The molecule has 19 heavy (non-hydrogen) atoms. The minimum absolute atomic E-state index is 0.364. The van der Waals surface area contributed by atoms with Crippen molar-refractivity contribution in [2.45, 2.75) is 39.5 Å². The highest BCUT2D eigenvalue weighted by Gasteiger charge is 2.24. The summed E-state index contributed by atoms with van der Waals surface area (Å²) in [5.41, 5.74) is 2.51. The quantitative estimate of drug-likeness (QED) is 0.771. The van der Waals surface area contributed by atoms with Crippen LogP contribution in [0.3, 0.4) is 0 Å². The molecule has 0 amide bonds. The molecule has 1 aromatic rings. The van der Waals surface area contributed by atoms with E-state index in [4.69, 9.17) is 0 Å². The number of rotatable bonds is 3. The molecule has 2 heteroatoms. The van der Waals surface area contributed by atoms with Crippen LogP contribution in [0, 0.1) is 5.41 Å². The molecule has 0 bridgehead atoms. The Morgan fingerprint density at radius 2 is 1.95 bits per heavy atom. The Labute approximate surface area is 116 Å². The lowest BCUT2D eigenvalue weighted by molar-refractivity contribution is 0.112. The lowest BCUT2D eigenvalue weighted by Crippen LogP contribution is -2.39. The molecule has 104 valence electrons. The molecule has 0 radical (unpaired) electrons. The van der Waals surface area contributed by atoms with Gasteiger partial charge in [0.05, 0.1) is 0 Å². The number of aldehydes is 1. The molecule has 0 spiro atoms. The molecule has 1 heterocycles. The first-order valence-electron chi connectivity index (χ1n) is 7.25. The van der Waals surface area contributed by atoms with Crippen molar-refractivity contribution in [2.75, 3.05) is 19.6 Å². The summed E-state index contributed by atoms with van der Waals surface area (Å²) in [6.45, 7) is 10.4. The fourth-order valence-corrected chi connectivity index (χ4v) is 2.99. The van der Waals surface area contributed by atoms with Gasteiger partial charge in [0.15, 0.2) is 0 Å². The number of likely N-dealkylation sites (tertiary alicyclic amines) is 1. The Bertz CT molecular complexity index is 416. The van der Waals surface area contributed by atoms with Crippen LogP contribution in [-0.2, 0) is 0 Å². The first-order chi connectivity index (χ1) is 8.98. The number of carbonyl (C=O) groups is 1. The Kier molecular flexibility index (Phi) is 4.41. The van der Waals surface area contributed by atoms with Crippen molar-refractivity contribution in [3.63, 3.8) is 0 Å². The van der Waals surface area contributed by atoms with Crippen molar-refractivity contribution in [1.29, 1.82) is 0 Å². The van der Waals surface area contributed by atoms with E-state index in [0.717, 1.165) is 24.9 Å². The molecule has 1 atom stereocenters. The van der Waals surface area contributed by atoms with Crippen molar-refractivity contribution in [3.8, 4) is 0 Å². The van der Waals surface area contributed by atoms with Crippen LogP contribution in [0.25, 0.3) is 0 Å². The molecule has 1 saturated heterocycles. The zero-order valence-corrected chi connectivity index (χ0v) is 12.4. The summed E-state index contributed by atoms with van der Waals surface area (Å²) in [6, 6.07) is 8.11. The molecule has 0 N–H and O–H groups in total. The van der Waals surface area contributed by atoms with E-state index in [0.29, 0.717) is 11.3 Å². The van der Waals surface area contributed by atoms with Gasteiger partial charge in [0.25, 0.3) is 0 Å². The maximum absolute atomic E-state index is 10.7. The SMILES string of the molecule is CC(C)(C)CN1CCCC(c2ccc(C=O)cc2)C1. The van der Waals surface area contributed by atoms with Gasteiger partial charge in [-0.3, -0.25) is 4.79 Å². The largest absolute Gasteiger partial charge is 0.302 e. The lowest BCUT2D eigenvalue weighted by Gasteiger charge is -2.36. The van der Waals surface area contributed by atoms with Crippen LogP contribution >= 0.6 is 0 Å². The van der Waals surface area contributed by atoms with Gasteiger partial charge in [-0.2, -0.15) is 0 Å². The summed E-state index contributed by atoms with van der Waals surface area (Å²) in [5, 5.41) is 0. The fraction of sp³-hybridized carbons (Fsp3) is 0.588. The third-order valence-corrected chi connectivity index (χ3v) is 3.75. The van der Waals surface area contributed by atoms with Gasteiger partial charge in [0.1, 0.15) is 6.29 Å². The first-order valence-corrected chi connectivity index (χ1v) is 7.25. The van der Waals surface area contributed by atoms with E-state index in [1.165, 1.54) is 24.9 Å². The maximum atomic E-state index is 10.7. The normalized spacial score (nSPS) is 21.3. The van der Waals surface area contributed by atoms with Crippen molar-refractivity contribution in [2.24, 2.45) is 5.41 Å². The molecule has 1 unspecified atom stereocenters. The van der Waals surface area contributed by atoms with Crippen LogP contribution in [0.1, 0.15) is 55.5 Å². The smallest absolute Gasteiger partial charge is 0.150 e. The van der Waals surface area contributed by atoms with E-state index in [2.05, 4.69) is 37.8 Å². The maximum Gasteiger partial charge on any atom is 0.150 e. The summed E-state index contributed by atoms with van der Waals surface area (Å²) in [5.74, 6) is 0.622. The van der Waals surface area contributed by atoms with Gasteiger partial charge in [-0.15, -0.1) is 0 Å². The van der Waals surface area contributed by atoms with Crippen LogP contribution in [0.2, 0.25) is 0 Å². The molecule has 2 nitrogen and oxygen atoms in total. The van der Waals surface area contributed by atoms with E-state index in [1.54, 1.807) is 0 Å². The second-order valence-corrected chi connectivity index (χ2v) is 6.92. The van der Waals surface area contributed by atoms with Crippen LogP contribution in [0.5, 0.6) is 0 Å². The standard InChI is InChI=1S/C17H25NO/c1-17(2,3)13-18-10-4-5-16(11-18)15-8-6-14(12-19)7-9-15/h6-9,12,16H,4-5,10-11,13H2,1-3H3. The molecule has 0 aromatic heterocycles. The fourth-order valence-electron chi connectivity index (χ4n) is 2.99. The number of piperidine rings is 1. The number of hydrogen-bond acceptors (Lipinski definition) is 2. The molecule has 1 aliphatic rings. The predicted octanol–water partition coefficient (Wildman–Crippen LogP) is 3.72. The van der Waals surface area contributed by atoms with Crippen LogP contribution in [-0.4, -0.2) is 30.8 Å².